The molecular weight excluding hydrogens is 258 g/mol. The molecular formula is C18H25N3. The summed E-state index contributed by atoms with van der Waals surface area (Å²) in [5.41, 5.74) is 3.16. The first-order chi connectivity index (χ1) is 10.2. The molecule has 2 atom stereocenters. The molecule has 1 N–H and O–H groups in total. The van der Waals surface area contributed by atoms with Crippen LogP contribution in [0.5, 0.6) is 0 Å². The first kappa shape index (κ1) is 14.4. The van der Waals surface area contributed by atoms with E-state index < -0.39 is 0 Å². The average Bonchev–Trinajstić information content (AvgIpc) is 3.28. The summed E-state index contributed by atoms with van der Waals surface area (Å²) in [6, 6.07) is 9.49. The lowest BCUT2D eigenvalue weighted by Crippen LogP contribution is -2.39. The van der Waals surface area contributed by atoms with E-state index in [1.165, 1.54) is 24.8 Å². The van der Waals surface area contributed by atoms with E-state index in [-0.39, 0.29) is 0 Å². The minimum Gasteiger partial charge on any atom is -0.370 e. The van der Waals surface area contributed by atoms with Crippen molar-refractivity contribution in [1.82, 2.24) is 5.32 Å². The third-order valence-corrected chi connectivity index (χ3v) is 4.56. The Hall–Kier alpha value is -1.53. The van der Waals surface area contributed by atoms with Crippen molar-refractivity contribution in [3.63, 3.8) is 0 Å². The summed E-state index contributed by atoms with van der Waals surface area (Å²) in [6.45, 7) is 7.63. The molecule has 1 aromatic rings. The summed E-state index contributed by atoms with van der Waals surface area (Å²) in [5, 5.41) is 13.0. The molecule has 1 aliphatic carbocycles. The molecule has 0 spiro atoms. The molecule has 112 valence electrons. The summed E-state index contributed by atoms with van der Waals surface area (Å²) in [4.78, 5) is 2.40. The van der Waals surface area contributed by atoms with Gasteiger partial charge >= 0.3 is 0 Å². The number of anilines is 1. The van der Waals surface area contributed by atoms with Crippen molar-refractivity contribution in [3.05, 3.63) is 29.3 Å². The van der Waals surface area contributed by atoms with Gasteiger partial charge in [-0.2, -0.15) is 5.26 Å². The van der Waals surface area contributed by atoms with Crippen LogP contribution in [0.25, 0.3) is 0 Å². The molecule has 0 bridgehead atoms. The summed E-state index contributed by atoms with van der Waals surface area (Å²) in [7, 11) is 0. The molecule has 2 aliphatic rings. The molecule has 3 rings (SSSR count). The highest BCUT2D eigenvalue weighted by atomic mass is 15.1. The molecule has 0 radical (unpaired) electrons. The first-order valence-corrected chi connectivity index (χ1v) is 8.17. The number of benzene rings is 1. The van der Waals surface area contributed by atoms with Gasteiger partial charge in [0.05, 0.1) is 11.3 Å². The maximum absolute atomic E-state index is 9.50. The van der Waals surface area contributed by atoms with Crippen LogP contribution in [-0.2, 0) is 6.54 Å². The Balaban J connectivity index is 1.76. The number of nitriles is 1. The Morgan fingerprint density at radius 2 is 1.95 bits per heavy atom. The second-order valence-electron chi connectivity index (χ2n) is 6.97. The highest BCUT2D eigenvalue weighted by Crippen LogP contribution is 2.29. The minimum atomic E-state index is 0.705. The standard InChI is InChI=1S/C18H25N3/c1-13-7-14(2)12-21(11-13)18-6-3-15(8-16(18)9-19)10-20-17-4-5-17/h3,6,8,13-14,17,20H,4-5,7,10-12H2,1-2H3. The first-order valence-electron chi connectivity index (χ1n) is 8.17. The Labute approximate surface area is 128 Å². The minimum absolute atomic E-state index is 0.705. The lowest BCUT2D eigenvalue weighted by Gasteiger charge is -2.37. The Bertz CT molecular complexity index is 532. The number of rotatable bonds is 4. The Kier molecular flexibility index (Phi) is 4.17. The number of hydrogen-bond acceptors (Lipinski definition) is 3. The molecule has 0 aromatic heterocycles. The van der Waals surface area contributed by atoms with Gasteiger partial charge in [0.1, 0.15) is 6.07 Å². The monoisotopic (exact) mass is 283 g/mol. The van der Waals surface area contributed by atoms with Crippen LogP contribution in [0.3, 0.4) is 0 Å². The van der Waals surface area contributed by atoms with E-state index in [1.54, 1.807) is 0 Å². The largest absolute Gasteiger partial charge is 0.370 e. The van der Waals surface area contributed by atoms with Crippen molar-refractivity contribution in [1.29, 1.82) is 5.26 Å². The molecule has 3 heteroatoms. The number of nitrogens with zero attached hydrogens (tertiary/aromatic N) is 2. The van der Waals surface area contributed by atoms with Gasteiger partial charge in [-0.1, -0.05) is 19.9 Å². The zero-order valence-electron chi connectivity index (χ0n) is 13.1. The van der Waals surface area contributed by atoms with E-state index in [2.05, 4.69) is 48.3 Å². The molecule has 21 heavy (non-hydrogen) atoms. The summed E-state index contributed by atoms with van der Waals surface area (Å²) in [6.07, 6.45) is 3.89. The van der Waals surface area contributed by atoms with Gasteiger partial charge < -0.3 is 10.2 Å². The van der Waals surface area contributed by atoms with Gasteiger partial charge in [0.15, 0.2) is 0 Å². The average molecular weight is 283 g/mol. The highest BCUT2D eigenvalue weighted by Gasteiger charge is 2.24. The van der Waals surface area contributed by atoms with Crippen molar-refractivity contribution < 1.29 is 0 Å². The van der Waals surface area contributed by atoms with Crippen molar-refractivity contribution in [2.75, 3.05) is 18.0 Å². The summed E-state index contributed by atoms with van der Waals surface area (Å²) >= 11 is 0. The summed E-state index contributed by atoms with van der Waals surface area (Å²) in [5.74, 6) is 1.41. The fourth-order valence-corrected chi connectivity index (χ4v) is 3.47. The summed E-state index contributed by atoms with van der Waals surface area (Å²) < 4.78 is 0. The van der Waals surface area contributed by atoms with E-state index in [4.69, 9.17) is 0 Å². The normalized spacial score (nSPS) is 25.7. The van der Waals surface area contributed by atoms with Crippen LogP contribution < -0.4 is 10.2 Å². The predicted molar refractivity (Wildman–Crippen MR) is 86.2 cm³/mol. The van der Waals surface area contributed by atoms with E-state index in [9.17, 15) is 5.26 Å². The number of hydrogen-bond donors (Lipinski definition) is 1. The van der Waals surface area contributed by atoms with Crippen LogP contribution in [-0.4, -0.2) is 19.1 Å². The van der Waals surface area contributed by atoms with E-state index >= 15 is 0 Å². The fraction of sp³-hybridized carbons (Fsp3) is 0.611. The van der Waals surface area contributed by atoms with Crippen LogP contribution in [0.15, 0.2) is 18.2 Å². The molecule has 3 nitrogen and oxygen atoms in total. The Morgan fingerprint density at radius 3 is 2.57 bits per heavy atom. The van der Waals surface area contributed by atoms with Gasteiger partial charge in [-0.25, -0.2) is 0 Å². The zero-order chi connectivity index (χ0) is 14.8. The SMILES string of the molecule is CC1CC(C)CN(c2ccc(CNC3CC3)cc2C#N)C1. The Morgan fingerprint density at radius 1 is 1.24 bits per heavy atom. The van der Waals surface area contributed by atoms with Crippen LogP contribution in [0, 0.1) is 23.2 Å². The molecule has 0 amide bonds. The molecule has 1 aromatic carbocycles. The van der Waals surface area contributed by atoms with Crippen LogP contribution >= 0.6 is 0 Å². The van der Waals surface area contributed by atoms with E-state index in [0.29, 0.717) is 17.9 Å². The number of piperidine rings is 1. The quantitative estimate of drug-likeness (QED) is 0.921. The molecule has 2 unspecified atom stereocenters. The van der Waals surface area contributed by atoms with Gasteiger partial charge in [0.2, 0.25) is 0 Å². The third kappa shape index (κ3) is 3.57. The molecule has 1 saturated heterocycles. The number of nitrogens with one attached hydrogen (secondary N) is 1. The zero-order valence-corrected chi connectivity index (χ0v) is 13.1. The molecule has 1 heterocycles. The van der Waals surface area contributed by atoms with Crippen molar-refractivity contribution in [3.8, 4) is 6.07 Å². The molecule has 1 aliphatic heterocycles. The topological polar surface area (TPSA) is 39.1 Å². The van der Waals surface area contributed by atoms with Crippen molar-refractivity contribution >= 4 is 5.69 Å². The fourth-order valence-electron chi connectivity index (χ4n) is 3.47. The van der Waals surface area contributed by atoms with Crippen molar-refractivity contribution in [2.45, 2.75) is 45.7 Å². The second kappa shape index (κ2) is 6.07. The van der Waals surface area contributed by atoms with Crippen LogP contribution in [0.1, 0.15) is 44.2 Å². The maximum atomic E-state index is 9.50. The van der Waals surface area contributed by atoms with E-state index in [0.717, 1.165) is 30.9 Å². The predicted octanol–water partition coefficient (Wildman–Crippen LogP) is 3.29. The van der Waals surface area contributed by atoms with Gasteiger partial charge in [-0.3, -0.25) is 0 Å². The van der Waals surface area contributed by atoms with Gasteiger partial charge in [0, 0.05) is 25.7 Å². The van der Waals surface area contributed by atoms with Crippen LogP contribution in [0.4, 0.5) is 5.69 Å². The lowest BCUT2D eigenvalue weighted by molar-refractivity contribution is 0.357. The van der Waals surface area contributed by atoms with Gasteiger partial charge in [-0.15, -0.1) is 0 Å². The molecule has 2 fully saturated rings. The molecule has 1 saturated carbocycles. The second-order valence-corrected chi connectivity index (χ2v) is 6.97. The van der Waals surface area contributed by atoms with Crippen molar-refractivity contribution in [2.24, 2.45) is 11.8 Å². The van der Waals surface area contributed by atoms with E-state index in [1.807, 2.05) is 0 Å². The van der Waals surface area contributed by atoms with Crippen LogP contribution in [0.2, 0.25) is 0 Å². The lowest BCUT2D eigenvalue weighted by atomic mass is 9.91. The highest BCUT2D eigenvalue weighted by molar-refractivity contribution is 5.60. The maximum Gasteiger partial charge on any atom is 0.101 e. The van der Waals surface area contributed by atoms with Gasteiger partial charge in [0.25, 0.3) is 0 Å². The third-order valence-electron chi connectivity index (χ3n) is 4.56. The smallest absolute Gasteiger partial charge is 0.101 e. The van der Waals surface area contributed by atoms with Gasteiger partial charge in [-0.05, 0) is 48.8 Å².